The van der Waals surface area contributed by atoms with Crippen molar-refractivity contribution in [1.29, 1.82) is 0 Å². The van der Waals surface area contributed by atoms with Crippen LogP contribution in [0.25, 0.3) is 0 Å². The molecule has 0 fully saturated rings. The Labute approximate surface area is 142 Å². The van der Waals surface area contributed by atoms with Crippen LogP contribution in [0.2, 0.25) is 0 Å². The highest BCUT2D eigenvalue weighted by Crippen LogP contribution is 2.35. The van der Waals surface area contributed by atoms with Gasteiger partial charge in [-0.25, -0.2) is 0 Å². The van der Waals surface area contributed by atoms with Crippen LogP contribution in [-0.4, -0.2) is 25.1 Å². The molecule has 0 radical (unpaired) electrons. The van der Waals surface area contributed by atoms with E-state index in [0.717, 1.165) is 28.3 Å². The third-order valence-corrected chi connectivity index (χ3v) is 4.21. The standard InChI is InChI=1S/C19H23N3O2/c1-12-5-4-6-13(2)19(12)21-18(23)11-22-10-14(3)24-17-8-7-15(20)9-16(17)22/h4-9,14H,10-11,20H2,1-3H3,(H,21,23). The fraction of sp³-hybridized carbons (Fsp3) is 0.316. The number of nitrogens with one attached hydrogen (secondary N) is 1. The zero-order chi connectivity index (χ0) is 17.3. The first-order valence-corrected chi connectivity index (χ1v) is 8.11. The number of para-hydroxylation sites is 1. The zero-order valence-corrected chi connectivity index (χ0v) is 14.3. The lowest BCUT2D eigenvalue weighted by Crippen LogP contribution is -2.42. The molecule has 0 spiro atoms. The van der Waals surface area contributed by atoms with Crippen LogP contribution in [-0.2, 0) is 4.79 Å². The van der Waals surface area contributed by atoms with E-state index in [1.807, 2.05) is 62.1 Å². The first-order chi connectivity index (χ1) is 11.4. The Morgan fingerprint density at radius 2 is 2.00 bits per heavy atom. The molecule has 5 heteroatoms. The molecule has 3 N–H and O–H groups in total. The Morgan fingerprint density at radius 1 is 1.29 bits per heavy atom. The summed E-state index contributed by atoms with van der Waals surface area (Å²) in [5.74, 6) is 0.720. The molecular weight excluding hydrogens is 302 g/mol. The van der Waals surface area contributed by atoms with Crippen LogP contribution in [0.3, 0.4) is 0 Å². The molecule has 1 aliphatic heterocycles. The number of rotatable bonds is 3. The molecule has 1 heterocycles. The normalized spacial score (nSPS) is 16.3. The second-order valence-corrected chi connectivity index (χ2v) is 6.35. The van der Waals surface area contributed by atoms with Crippen LogP contribution in [0, 0.1) is 13.8 Å². The summed E-state index contributed by atoms with van der Waals surface area (Å²) >= 11 is 0. The molecule has 126 valence electrons. The molecule has 1 atom stereocenters. The number of carbonyl (C=O) groups is 1. The maximum absolute atomic E-state index is 12.6. The predicted octanol–water partition coefficient (Wildman–Crippen LogP) is 3.11. The summed E-state index contributed by atoms with van der Waals surface area (Å²) in [4.78, 5) is 14.6. The number of carbonyl (C=O) groups excluding carboxylic acids is 1. The fourth-order valence-electron chi connectivity index (χ4n) is 3.06. The van der Waals surface area contributed by atoms with E-state index in [-0.39, 0.29) is 18.6 Å². The quantitative estimate of drug-likeness (QED) is 0.851. The first-order valence-electron chi connectivity index (χ1n) is 8.11. The summed E-state index contributed by atoms with van der Waals surface area (Å²) in [6, 6.07) is 11.5. The van der Waals surface area contributed by atoms with Crippen molar-refractivity contribution in [3.8, 4) is 5.75 Å². The molecule has 0 saturated carbocycles. The van der Waals surface area contributed by atoms with Gasteiger partial charge in [-0.05, 0) is 50.1 Å². The highest BCUT2D eigenvalue weighted by atomic mass is 16.5. The SMILES string of the molecule is Cc1cccc(C)c1NC(=O)CN1CC(C)Oc2ccc(N)cc21. The molecule has 2 aromatic carbocycles. The number of anilines is 3. The van der Waals surface area contributed by atoms with E-state index in [9.17, 15) is 4.79 Å². The minimum Gasteiger partial charge on any atom is -0.487 e. The van der Waals surface area contributed by atoms with Gasteiger partial charge < -0.3 is 20.7 Å². The van der Waals surface area contributed by atoms with Crippen molar-refractivity contribution in [3.05, 3.63) is 47.5 Å². The highest BCUT2D eigenvalue weighted by molar-refractivity contribution is 5.95. The molecule has 3 rings (SSSR count). The molecular formula is C19H23N3O2. The van der Waals surface area contributed by atoms with Crippen LogP contribution in [0.4, 0.5) is 17.1 Å². The number of aryl methyl sites for hydroxylation is 2. The maximum Gasteiger partial charge on any atom is 0.243 e. The largest absolute Gasteiger partial charge is 0.487 e. The van der Waals surface area contributed by atoms with Crippen molar-refractivity contribution in [2.24, 2.45) is 0 Å². The number of nitrogens with two attached hydrogens (primary N) is 1. The summed E-state index contributed by atoms with van der Waals surface area (Å²) < 4.78 is 5.83. The number of hydrogen-bond acceptors (Lipinski definition) is 4. The van der Waals surface area contributed by atoms with E-state index in [4.69, 9.17) is 10.5 Å². The van der Waals surface area contributed by atoms with Crippen molar-refractivity contribution in [2.45, 2.75) is 26.9 Å². The summed E-state index contributed by atoms with van der Waals surface area (Å²) in [6.07, 6.45) is 0.0223. The number of nitrogen functional groups attached to an aromatic ring is 1. The lowest BCUT2D eigenvalue weighted by Gasteiger charge is -2.34. The van der Waals surface area contributed by atoms with E-state index < -0.39 is 0 Å². The van der Waals surface area contributed by atoms with Gasteiger partial charge in [0.05, 0.1) is 18.8 Å². The van der Waals surface area contributed by atoms with Gasteiger partial charge in [-0.1, -0.05) is 18.2 Å². The Hall–Kier alpha value is -2.69. The second kappa shape index (κ2) is 6.43. The molecule has 0 aliphatic carbocycles. The third kappa shape index (κ3) is 3.30. The maximum atomic E-state index is 12.6. The van der Waals surface area contributed by atoms with Gasteiger partial charge in [0.15, 0.2) is 0 Å². The summed E-state index contributed by atoms with van der Waals surface area (Å²) in [5, 5.41) is 3.03. The number of nitrogens with zero attached hydrogens (tertiary/aromatic N) is 1. The van der Waals surface area contributed by atoms with Gasteiger partial charge in [-0.3, -0.25) is 4.79 Å². The minimum absolute atomic E-state index is 0.0223. The first kappa shape index (κ1) is 16.2. The number of ether oxygens (including phenoxy) is 1. The van der Waals surface area contributed by atoms with Crippen LogP contribution < -0.4 is 20.7 Å². The topological polar surface area (TPSA) is 67.6 Å². The molecule has 0 saturated heterocycles. The molecule has 5 nitrogen and oxygen atoms in total. The van der Waals surface area contributed by atoms with Crippen molar-refractivity contribution < 1.29 is 9.53 Å². The molecule has 1 aliphatic rings. The average Bonchev–Trinajstić information content (AvgIpc) is 2.52. The van der Waals surface area contributed by atoms with Crippen LogP contribution in [0.5, 0.6) is 5.75 Å². The van der Waals surface area contributed by atoms with E-state index >= 15 is 0 Å². The van der Waals surface area contributed by atoms with Crippen LogP contribution in [0.15, 0.2) is 36.4 Å². The van der Waals surface area contributed by atoms with E-state index in [1.54, 1.807) is 0 Å². The van der Waals surface area contributed by atoms with Gasteiger partial charge >= 0.3 is 0 Å². The van der Waals surface area contributed by atoms with Crippen molar-refractivity contribution >= 4 is 23.0 Å². The molecule has 1 amide bonds. The molecule has 1 unspecified atom stereocenters. The van der Waals surface area contributed by atoms with E-state index in [1.165, 1.54) is 0 Å². The van der Waals surface area contributed by atoms with Crippen LogP contribution in [0.1, 0.15) is 18.1 Å². The van der Waals surface area contributed by atoms with Gasteiger partial charge in [-0.15, -0.1) is 0 Å². The van der Waals surface area contributed by atoms with Crippen LogP contribution >= 0.6 is 0 Å². The monoisotopic (exact) mass is 325 g/mol. The fourth-order valence-corrected chi connectivity index (χ4v) is 3.06. The second-order valence-electron chi connectivity index (χ2n) is 6.35. The molecule has 0 aromatic heterocycles. The van der Waals surface area contributed by atoms with Gasteiger partial charge in [0.25, 0.3) is 0 Å². The zero-order valence-electron chi connectivity index (χ0n) is 14.3. The van der Waals surface area contributed by atoms with Gasteiger partial charge in [-0.2, -0.15) is 0 Å². The summed E-state index contributed by atoms with van der Waals surface area (Å²) in [7, 11) is 0. The molecule has 24 heavy (non-hydrogen) atoms. The van der Waals surface area contributed by atoms with Crippen molar-refractivity contribution in [1.82, 2.24) is 0 Å². The van der Waals surface area contributed by atoms with Crippen molar-refractivity contribution in [3.63, 3.8) is 0 Å². The Kier molecular flexibility index (Phi) is 4.34. The molecule has 2 aromatic rings. The number of amides is 1. The van der Waals surface area contributed by atoms with E-state index in [2.05, 4.69) is 5.32 Å². The lowest BCUT2D eigenvalue weighted by atomic mass is 10.1. The lowest BCUT2D eigenvalue weighted by molar-refractivity contribution is -0.115. The van der Waals surface area contributed by atoms with Gasteiger partial charge in [0, 0.05) is 11.4 Å². The summed E-state index contributed by atoms with van der Waals surface area (Å²) in [6.45, 7) is 6.90. The Morgan fingerprint density at radius 3 is 2.71 bits per heavy atom. The predicted molar refractivity (Wildman–Crippen MR) is 97.7 cm³/mol. The Bertz CT molecular complexity index is 753. The smallest absolute Gasteiger partial charge is 0.243 e. The third-order valence-electron chi connectivity index (χ3n) is 4.21. The Balaban J connectivity index is 1.79. The van der Waals surface area contributed by atoms with E-state index in [0.29, 0.717) is 12.2 Å². The van der Waals surface area contributed by atoms with Gasteiger partial charge in [0.2, 0.25) is 5.91 Å². The number of fused-ring (bicyclic) bond motifs is 1. The summed E-state index contributed by atoms with van der Waals surface area (Å²) in [5.41, 5.74) is 10.4. The van der Waals surface area contributed by atoms with Crippen molar-refractivity contribution in [2.75, 3.05) is 29.0 Å². The molecule has 0 bridgehead atoms. The minimum atomic E-state index is -0.0464. The number of benzene rings is 2. The number of hydrogen-bond donors (Lipinski definition) is 2. The average molecular weight is 325 g/mol. The highest BCUT2D eigenvalue weighted by Gasteiger charge is 2.25. The van der Waals surface area contributed by atoms with Gasteiger partial charge in [0.1, 0.15) is 11.9 Å².